The van der Waals surface area contributed by atoms with Crippen LogP contribution in [-0.4, -0.2) is 41.3 Å². The Hall–Kier alpha value is -1.53. The zero-order valence-corrected chi connectivity index (χ0v) is 15.0. The van der Waals surface area contributed by atoms with Crippen molar-refractivity contribution in [2.24, 2.45) is 0 Å². The number of nitrogens with zero attached hydrogens (tertiary/aromatic N) is 3. The van der Waals surface area contributed by atoms with Crippen molar-refractivity contribution in [1.82, 2.24) is 15.3 Å². The molecule has 7 heteroatoms. The second-order valence-electron chi connectivity index (χ2n) is 4.81. The number of nitrogens with one attached hydrogen (secondary N) is 1. The van der Waals surface area contributed by atoms with Crippen molar-refractivity contribution in [2.75, 3.05) is 30.3 Å². The molecule has 5 nitrogen and oxygen atoms in total. The Bertz CT molecular complexity index is 529. The summed E-state index contributed by atoms with van der Waals surface area (Å²) in [5, 5.41) is 3.69. The highest BCUT2D eigenvalue weighted by atomic mass is 35.5. The van der Waals surface area contributed by atoms with Gasteiger partial charge in [0.1, 0.15) is 11.0 Å². The molecule has 1 rings (SSSR count). The summed E-state index contributed by atoms with van der Waals surface area (Å²) < 4.78 is 0. The number of anilines is 1. The Morgan fingerprint density at radius 3 is 2.70 bits per heavy atom. The standard InChI is InChI=1S/C16H23ClN4OS/c1-4-7-8-18-15(22)12-23-16-19-13(17)11-14(20-16)21(9-5-2)10-6-3/h5-6,11H,2-4,7-10,12H2,1H3,(H,18,22). The van der Waals surface area contributed by atoms with Crippen LogP contribution in [0.4, 0.5) is 5.82 Å². The number of unbranched alkanes of at least 4 members (excludes halogenated alkanes) is 1. The van der Waals surface area contributed by atoms with E-state index in [0.717, 1.165) is 12.8 Å². The summed E-state index contributed by atoms with van der Waals surface area (Å²) in [7, 11) is 0. The highest BCUT2D eigenvalue weighted by Gasteiger charge is 2.11. The van der Waals surface area contributed by atoms with Crippen LogP contribution in [0.2, 0.25) is 5.15 Å². The van der Waals surface area contributed by atoms with Crippen molar-refractivity contribution in [3.8, 4) is 0 Å². The van der Waals surface area contributed by atoms with E-state index in [1.165, 1.54) is 11.8 Å². The third-order valence-corrected chi connectivity index (χ3v) is 3.91. The predicted molar refractivity (Wildman–Crippen MR) is 98.3 cm³/mol. The van der Waals surface area contributed by atoms with Gasteiger partial charge in [-0.2, -0.15) is 0 Å². The van der Waals surface area contributed by atoms with Crippen molar-refractivity contribution in [1.29, 1.82) is 0 Å². The lowest BCUT2D eigenvalue weighted by Gasteiger charge is -2.20. The molecule has 1 aromatic rings. The third-order valence-electron chi connectivity index (χ3n) is 2.87. The van der Waals surface area contributed by atoms with Crippen molar-refractivity contribution < 1.29 is 4.79 Å². The van der Waals surface area contributed by atoms with Crippen LogP contribution in [0.25, 0.3) is 0 Å². The minimum atomic E-state index is -0.0254. The minimum absolute atomic E-state index is 0.0254. The fraction of sp³-hybridized carbons (Fsp3) is 0.438. The maximum absolute atomic E-state index is 11.7. The molecule has 0 aromatic carbocycles. The lowest BCUT2D eigenvalue weighted by molar-refractivity contribution is -0.118. The van der Waals surface area contributed by atoms with E-state index >= 15 is 0 Å². The molecule has 0 aliphatic carbocycles. The van der Waals surface area contributed by atoms with Gasteiger partial charge in [0.05, 0.1) is 5.75 Å². The SMILES string of the molecule is C=CCN(CC=C)c1cc(Cl)nc(SCC(=O)NCCCC)n1. The Kier molecular flexibility index (Phi) is 9.40. The van der Waals surface area contributed by atoms with Crippen LogP contribution >= 0.6 is 23.4 Å². The first-order valence-electron chi connectivity index (χ1n) is 7.51. The first kappa shape index (κ1) is 19.5. The van der Waals surface area contributed by atoms with E-state index in [9.17, 15) is 4.79 Å². The van der Waals surface area contributed by atoms with Gasteiger partial charge in [-0.1, -0.05) is 48.9 Å². The molecule has 0 radical (unpaired) electrons. The number of amides is 1. The third kappa shape index (κ3) is 7.52. The molecule has 1 N–H and O–H groups in total. The molecule has 0 unspecified atom stereocenters. The van der Waals surface area contributed by atoms with E-state index < -0.39 is 0 Å². The second kappa shape index (κ2) is 11.1. The number of thioether (sulfide) groups is 1. The number of rotatable bonds is 11. The highest BCUT2D eigenvalue weighted by molar-refractivity contribution is 7.99. The average Bonchev–Trinajstić information content (AvgIpc) is 2.52. The van der Waals surface area contributed by atoms with Gasteiger partial charge in [0.2, 0.25) is 5.91 Å². The molecule has 1 aromatic heterocycles. The fourth-order valence-electron chi connectivity index (χ4n) is 1.77. The van der Waals surface area contributed by atoms with Gasteiger partial charge in [0.15, 0.2) is 5.16 Å². The number of carbonyl (C=O) groups excluding carboxylic acids is 1. The summed E-state index contributed by atoms with van der Waals surface area (Å²) in [5.41, 5.74) is 0. The summed E-state index contributed by atoms with van der Waals surface area (Å²) in [5.74, 6) is 0.938. The number of carbonyl (C=O) groups is 1. The van der Waals surface area contributed by atoms with E-state index in [2.05, 4.69) is 35.4 Å². The molecule has 0 saturated carbocycles. The van der Waals surface area contributed by atoms with Gasteiger partial charge in [0, 0.05) is 25.7 Å². The molecule has 23 heavy (non-hydrogen) atoms. The van der Waals surface area contributed by atoms with E-state index in [1.54, 1.807) is 18.2 Å². The van der Waals surface area contributed by atoms with Crippen LogP contribution in [0.3, 0.4) is 0 Å². The highest BCUT2D eigenvalue weighted by Crippen LogP contribution is 2.21. The Morgan fingerprint density at radius 2 is 2.09 bits per heavy atom. The monoisotopic (exact) mass is 354 g/mol. The maximum atomic E-state index is 11.7. The molecular weight excluding hydrogens is 332 g/mol. The van der Waals surface area contributed by atoms with Gasteiger partial charge in [-0.15, -0.1) is 13.2 Å². The van der Waals surface area contributed by atoms with E-state index in [4.69, 9.17) is 11.6 Å². The minimum Gasteiger partial charge on any atom is -0.355 e. The summed E-state index contributed by atoms with van der Waals surface area (Å²) in [6.45, 7) is 11.5. The van der Waals surface area contributed by atoms with Gasteiger partial charge < -0.3 is 10.2 Å². The molecule has 0 atom stereocenters. The zero-order valence-electron chi connectivity index (χ0n) is 13.4. The van der Waals surface area contributed by atoms with Gasteiger partial charge in [-0.3, -0.25) is 4.79 Å². The van der Waals surface area contributed by atoms with Gasteiger partial charge in [-0.05, 0) is 6.42 Å². The Labute approximate surface area is 147 Å². The van der Waals surface area contributed by atoms with E-state index in [-0.39, 0.29) is 11.7 Å². The molecule has 0 fully saturated rings. The van der Waals surface area contributed by atoms with Crippen molar-refractivity contribution in [3.05, 3.63) is 36.5 Å². The Balaban J connectivity index is 2.70. The number of hydrogen-bond acceptors (Lipinski definition) is 5. The van der Waals surface area contributed by atoms with Crippen LogP contribution in [0, 0.1) is 0 Å². The summed E-state index contributed by atoms with van der Waals surface area (Å²) >= 11 is 7.34. The smallest absolute Gasteiger partial charge is 0.230 e. The summed E-state index contributed by atoms with van der Waals surface area (Å²) in [6.07, 6.45) is 5.60. The van der Waals surface area contributed by atoms with Crippen molar-refractivity contribution >= 4 is 35.1 Å². The van der Waals surface area contributed by atoms with Crippen LogP contribution < -0.4 is 10.2 Å². The molecule has 1 heterocycles. The molecule has 0 aliphatic rings. The number of aromatic nitrogens is 2. The Morgan fingerprint density at radius 1 is 1.39 bits per heavy atom. The van der Waals surface area contributed by atoms with Crippen LogP contribution in [0.15, 0.2) is 36.5 Å². The fourth-order valence-corrected chi connectivity index (χ4v) is 2.68. The lowest BCUT2D eigenvalue weighted by atomic mass is 10.3. The van der Waals surface area contributed by atoms with Crippen LogP contribution in [0.1, 0.15) is 19.8 Å². The van der Waals surface area contributed by atoms with Gasteiger partial charge >= 0.3 is 0 Å². The molecule has 0 saturated heterocycles. The van der Waals surface area contributed by atoms with E-state index in [1.807, 2.05) is 4.90 Å². The topological polar surface area (TPSA) is 58.1 Å². The maximum Gasteiger partial charge on any atom is 0.230 e. The molecular formula is C16H23ClN4OS. The van der Waals surface area contributed by atoms with Crippen molar-refractivity contribution in [2.45, 2.75) is 24.9 Å². The summed E-state index contributed by atoms with van der Waals surface area (Å²) in [6, 6.07) is 1.69. The average molecular weight is 355 g/mol. The second-order valence-corrected chi connectivity index (χ2v) is 6.14. The number of halogens is 1. The summed E-state index contributed by atoms with van der Waals surface area (Å²) in [4.78, 5) is 22.3. The molecule has 126 valence electrons. The van der Waals surface area contributed by atoms with Gasteiger partial charge in [0.25, 0.3) is 0 Å². The quantitative estimate of drug-likeness (QED) is 0.217. The zero-order chi connectivity index (χ0) is 17.1. The van der Waals surface area contributed by atoms with Crippen molar-refractivity contribution in [3.63, 3.8) is 0 Å². The van der Waals surface area contributed by atoms with Crippen LogP contribution in [0.5, 0.6) is 0 Å². The molecule has 0 bridgehead atoms. The number of hydrogen-bond donors (Lipinski definition) is 1. The largest absolute Gasteiger partial charge is 0.355 e. The van der Waals surface area contributed by atoms with Gasteiger partial charge in [-0.25, -0.2) is 9.97 Å². The first-order chi connectivity index (χ1) is 11.1. The lowest BCUT2D eigenvalue weighted by Crippen LogP contribution is -2.26. The predicted octanol–water partition coefficient (Wildman–Crippen LogP) is 3.32. The molecule has 0 spiro atoms. The molecule has 0 aliphatic heterocycles. The normalized spacial score (nSPS) is 10.2. The first-order valence-corrected chi connectivity index (χ1v) is 8.87. The van der Waals surface area contributed by atoms with E-state index in [0.29, 0.717) is 35.8 Å². The van der Waals surface area contributed by atoms with Crippen LogP contribution in [-0.2, 0) is 4.79 Å². The molecule has 1 amide bonds.